The largest absolute Gasteiger partial charge is 0.481 e. The molecule has 21 heavy (non-hydrogen) atoms. The average Bonchev–Trinajstić information content (AvgIpc) is 2.68. The fraction of sp³-hybridized carbons (Fsp3) is 0.467. The van der Waals surface area contributed by atoms with Crippen molar-refractivity contribution in [1.82, 2.24) is 9.13 Å². The summed E-state index contributed by atoms with van der Waals surface area (Å²) < 4.78 is 3.22. The fourth-order valence-corrected chi connectivity index (χ4v) is 2.56. The number of carbonyl (C=O) groups is 1. The Morgan fingerprint density at radius 2 is 1.90 bits per heavy atom. The van der Waals surface area contributed by atoms with Gasteiger partial charge >= 0.3 is 11.7 Å². The van der Waals surface area contributed by atoms with E-state index in [4.69, 9.17) is 10.8 Å². The number of nitrogens with two attached hydrogens (primary N) is 1. The number of aliphatic carboxylic acids is 1. The van der Waals surface area contributed by atoms with Gasteiger partial charge in [-0.25, -0.2) is 4.79 Å². The predicted molar refractivity (Wildman–Crippen MR) is 81.2 cm³/mol. The van der Waals surface area contributed by atoms with Gasteiger partial charge in [-0.15, -0.1) is 0 Å². The van der Waals surface area contributed by atoms with Gasteiger partial charge in [0, 0.05) is 26.6 Å². The monoisotopic (exact) mass is 291 g/mol. The molecule has 1 aromatic heterocycles. The summed E-state index contributed by atoms with van der Waals surface area (Å²) in [5, 5.41) is 8.61. The Morgan fingerprint density at radius 3 is 2.57 bits per heavy atom. The molecule has 0 aliphatic rings. The first-order valence-corrected chi connectivity index (χ1v) is 7.04. The summed E-state index contributed by atoms with van der Waals surface area (Å²) in [6.07, 6.45) is 2.33. The summed E-state index contributed by atoms with van der Waals surface area (Å²) in [5.74, 6) is -0.774. The molecular weight excluding hydrogens is 270 g/mol. The van der Waals surface area contributed by atoms with Crippen molar-refractivity contribution in [2.45, 2.75) is 31.7 Å². The van der Waals surface area contributed by atoms with Gasteiger partial charge in [-0.3, -0.25) is 13.9 Å². The van der Waals surface area contributed by atoms with E-state index in [1.165, 1.54) is 0 Å². The van der Waals surface area contributed by atoms with Crippen molar-refractivity contribution in [1.29, 1.82) is 0 Å². The number of imidazole rings is 1. The number of hydrogen-bond acceptors (Lipinski definition) is 3. The van der Waals surface area contributed by atoms with Gasteiger partial charge in [-0.2, -0.15) is 0 Å². The minimum Gasteiger partial charge on any atom is -0.481 e. The van der Waals surface area contributed by atoms with Gasteiger partial charge in [0.25, 0.3) is 0 Å². The van der Waals surface area contributed by atoms with Crippen LogP contribution in [-0.2, 0) is 18.9 Å². The number of unbranched alkanes of at least 4 members (excludes halogenated alkanes) is 1. The maximum atomic E-state index is 11.9. The molecule has 1 atom stereocenters. The highest BCUT2D eigenvalue weighted by Crippen LogP contribution is 2.21. The Bertz CT molecular complexity index is 715. The van der Waals surface area contributed by atoms with Crippen molar-refractivity contribution in [3.63, 3.8) is 0 Å². The van der Waals surface area contributed by atoms with Crippen LogP contribution >= 0.6 is 0 Å². The Kier molecular flexibility index (Phi) is 4.47. The summed E-state index contributed by atoms with van der Waals surface area (Å²) in [5.41, 5.74) is 8.81. The number of benzene rings is 1. The second-order valence-electron chi connectivity index (χ2n) is 5.39. The van der Waals surface area contributed by atoms with Gasteiger partial charge in [0.15, 0.2) is 0 Å². The molecule has 114 valence electrons. The van der Waals surface area contributed by atoms with Crippen LogP contribution in [0, 0.1) is 0 Å². The van der Waals surface area contributed by atoms with Crippen LogP contribution in [0.4, 0.5) is 0 Å². The van der Waals surface area contributed by atoms with E-state index in [2.05, 4.69) is 0 Å². The van der Waals surface area contributed by atoms with Gasteiger partial charge < -0.3 is 10.8 Å². The van der Waals surface area contributed by atoms with Crippen molar-refractivity contribution < 1.29 is 9.90 Å². The third kappa shape index (κ3) is 3.16. The maximum Gasteiger partial charge on any atom is 0.328 e. The lowest BCUT2D eigenvalue weighted by atomic mass is 10.0. The zero-order valence-corrected chi connectivity index (χ0v) is 12.4. The van der Waals surface area contributed by atoms with Gasteiger partial charge in [0.05, 0.1) is 11.0 Å². The topological polar surface area (TPSA) is 90.3 Å². The molecule has 0 radical (unpaired) electrons. The third-order valence-electron chi connectivity index (χ3n) is 3.88. The molecule has 0 saturated carbocycles. The lowest BCUT2D eigenvalue weighted by Gasteiger charge is -2.12. The van der Waals surface area contributed by atoms with Crippen molar-refractivity contribution in [3.05, 3.63) is 34.2 Å². The van der Waals surface area contributed by atoms with E-state index < -0.39 is 5.97 Å². The zero-order valence-electron chi connectivity index (χ0n) is 12.4. The number of fused-ring (bicyclic) bond motifs is 1. The summed E-state index contributed by atoms with van der Waals surface area (Å²) in [6, 6.07) is 5.64. The SMILES string of the molecule is Cn1c(=O)n(C)c2cc(C(N)CCCCC(=O)O)ccc21. The summed E-state index contributed by atoms with van der Waals surface area (Å²) in [6.45, 7) is 0. The van der Waals surface area contributed by atoms with E-state index >= 15 is 0 Å². The smallest absolute Gasteiger partial charge is 0.328 e. The van der Waals surface area contributed by atoms with Gasteiger partial charge in [-0.05, 0) is 30.5 Å². The first kappa shape index (κ1) is 15.3. The minimum absolute atomic E-state index is 0.0582. The molecule has 2 rings (SSSR count). The molecule has 1 aromatic carbocycles. The Labute approximate surface area is 122 Å². The van der Waals surface area contributed by atoms with Gasteiger partial charge in [0.2, 0.25) is 0 Å². The van der Waals surface area contributed by atoms with Crippen molar-refractivity contribution >= 4 is 17.0 Å². The lowest BCUT2D eigenvalue weighted by Crippen LogP contribution is -2.19. The second kappa shape index (κ2) is 6.13. The predicted octanol–water partition coefficient (Wildman–Crippen LogP) is 1.52. The van der Waals surface area contributed by atoms with E-state index in [0.29, 0.717) is 6.42 Å². The maximum absolute atomic E-state index is 11.9. The van der Waals surface area contributed by atoms with E-state index in [9.17, 15) is 9.59 Å². The normalized spacial score (nSPS) is 12.7. The van der Waals surface area contributed by atoms with E-state index in [-0.39, 0.29) is 18.2 Å². The Balaban J connectivity index is 2.13. The number of nitrogens with zero attached hydrogens (tertiary/aromatic N) is 2. The molecular formula is C15H21N3O3. The van der Waals surface area contributed by atoms with Crippen LogP contribution in [0.2, 0.25) is 0 Å². The zero-order chi connectivity index (χ0) is 15.6. The second-order valence-corrected chi connectivity index (χ2v) is 5.39. The van der Waals surface area contributed by atoms with Gasteiger partial charge in [-0.1, -0.05) is 12.5 Å². The quantitative estimate of drug-likeness (QED) is 0.790. The van der Waals surface area contributed by atoms with Gasteiger partial charge in [0.1, 0.15) is 0 Å². The van der Waals surface area contributed by atoms with Crippen LogP contribution in [0.25, 0.3) is 11.0 Å². The van der Waals surface area contributed by atoms with Crippen LogP contribution in [0.1, 0.15) is 37.3 Å². The first-order valence-electron chi connectivity index (χ1n) is 7.04. The summed E-state index contributed by atoms with van der Waals surface area (Å²) in [4.78, 5) is 22.3. The van der Waals surface area contributed by atoms with Crippen LogP contribution < -0.4 is 11.4 Å². The van der Waals surface area contributed by atoms with E-state index in [1.54, 1.807) is 23.2 Å². The standard InChI is InChI=1S/C15H21N3O3/c1-17-12-8-7-10(9-13(12)18(2)15(17)21)11(16)5-3-4-6-14(19)20/h7-9,11H,3-6,16H2,1-2H3,(H,19,20). The molecule has 1 heterocycles. The number of aromatic nitrogens is 2. The molecule has 0 amide bonds. The number of hydrogen-bond donors (Lipinski definition) is 2. The Hall–Kier alpha value is -2.08. The van der Waals surface area contributed by atoms with Crippen molar-refractivity contribution in [2.24, 2.45) is 19.8 Å². The molecule has 0 aliphatic carbocycles. The average molecular weight is 291 g/mol. The highest BCUT2D eigenvalue weighted by molar-refractivity contribution is 5.77. The molecule has 0 saturated heterocycles. The third-order valence-corrected chi connectivity index (χ3v) is 3.88. The van der Waals surface area contributed by atoms with E-state index in [1.807, 2.05) is 18.2 Å². The molecule has 1 unspecified atom stereocenters. The first-order chi connectivity index (χ1) is 9.91. The van der Waals surface area contributed by atoms with Crippen molar-refractivity contribution in [2.75, 3.05) is 0 Å². The van der Waals surface area contributed by atoms with Crippen LogP contribution in [0.5, 0.6) is 0 Å². The summed E-state index contributed by atoms with van der Waals surface area (Å²) >= 11 is 0. The highest BCUT2D eigenvalue weighted by Gasteiger charge is 2.12. The minimum atomic E-state index is -0.774. The van der Waals surface area contributed by atoms with E-state index in [0.717, 1.165) is 29.4 Å². The fourth-order valence-electron chi connectivity index (χ4n) is 2.56. The summed E-state index contributed by atoms with van der Waals surface area (Å²) in [7, 11) is 3.49. The van der Waals surface area contributed by atoms with Crippen LogP contribution in [0.3, 0.4) is 0 Å². The molecule has 6 heteroatoms. The molecule has 0 spiro atoms. The van der Waals surface area contributed by atoms with Crippen LogP contribution in [-0.4, -0.2) is 20.2 Å². The number of rotatable bonds is 6. The molecule has 0 bridgehead atoms. The number of carboxylic acid groups (broad SMARTS) is 1. The number of aryl methyl sites for hydroxylation is 2. The molecule has 6 nitrogen and oxygen atoms in total. The van der Waals surface area contributed by atoms with Crippen LogP contribution in [0.15, 0.2) is 23.0 Å². The molecule has 3 N–H and O–H groups in total. The van der Waals surface area contributed by atoms with Crippen molar-refractivity contribution in [3.8, 4) is 0 Å². The lowest BCUT2D eigenvalue weighted by molar-refractivity contribution is -0.137. The highest BCUT2D eigenvalue weighted by atomic mass is 16.4. The number of carboxylic acids is 1. The molecule has 2 aromatic rings. The molecule has 0 aliphatic heterocycles. The molecule has 0 fully saturated rings. The Morgan fingerprint density at radius 1 is 1.24 bits per heavy atom.